The van der Waals surface area contributed by atoms with Crippen molar-refractivity contribution in [3.63, 3.8) is 0 Å². The Kier molecular flexibility index (Phi) is 23.0. The van der Waals surface area contributed by atoms with Crippen molar-refractivity contribution in [2.75, 3.05) is 0 Å². The molecule has 0 aromatic carbocycles. The molecule has 0 aromatic rings. The number of hydrogen-bond donors (Lipinski definition) is 0. The minimum Gasteiger partial charge on any atom is -1.00 e. The van der Waals surface area contributed by atoms with Gasteiger partial charge in [0, 0.05) is 10.4 Å². The van der Waals surface area contributed by atoms with Crippen LogP contribution in [0.5, 0.6) is 0 Å². The molecule has 0 N–H and O–H groups in total. The van der Waals surface area contributed by atoms with Gasteiger partial charge in [0.05, 0.1) is 0 Å². The molecule has 8 heteroatoms. The molecule has 0 radical (unpaired) electrons. The van der Waals surface area contributed by atoms with Crippen LogP contribution in [0, 0.1) is 0 Å². The van der Waals surface area contributed by atoms with Crippen molar-refractivity contribution < 1.29 is 59.6 Å². The van der Waals surface area contributed by atoms with Gasteiger partial charge in [0.25, 0.3) is 0 Å². The molecule has 4 nitrogen and oxygen atoms in total. The zero-order valence-electron chi connectivity index (χ0n) is 3.87. The Bertz CT molecular complexity index is 99.2. The quantitative estimate of drug-likeness (QED) is 0.207. The van der Waals surface area contributed by atoms with Crippen LogP contribution < -0.4 is 23.6 Å². The standard InChI is InChI=1S/FH.Li.H2O4S.V/c;;1-5(2,3)4;/h1H;;(H2,1,2,3,4);/q;+1;;+5/p-3. The fraction of sp³-hybridized carbons (Fsp3) is 0. The van der Waals surface area contributed by atoms with Crippen LogP contribution in [0.15, 0.2) is 0 Å². The van der Waals surface area contributed by atoms with Crippen LogP contribution in [0.1, 0.15) is 0 Å². The summed E-state index contributed by atoms with van der Waals surface area (Å²) in [4.78, 5) is 0. The molecule has 0 fully saturated rings. The van der Waals surface area contributed by atoms with Crippen LogP contribution >= 0.6 is 0 Å². The van der Waals surface area contributed by atoms with E-state index in [1.165, 1.54) is 0 Å². The normalized spacial score (nSPS) is 7.25. The van der Waals surface area contributed by atoms with Gasteiger partial charge in [-0.1, -0.05) is 0 Å². The van der Waals surface area contributed by atoms with Gasteiger partial charge in [-0.25, -0.2) is 0 Å². The zero-order valence-corrected chi connectivity index (χ0v) is 6.08. The van der Waals surface area contributed by atoms with E-state index in [4.69, 9.17) is 17.5 Å². The zero-order chi connectivity index (χ0) is 4.50. The maximum atomic E-state index is 8.52. The van der Waals surface area contributed by atoms with Gasteiger partial charge in [-0.3, -0.25) is 8.42 Å². The van der Waals surface area contributed by atoms with Gasteiger partial charge >= 0.3 is 37.4 Å². The Labute approximate surface area is 70.0 Å². The molecule has 0 unspecified atom stereocenters. The third-order valence-electron chi connectivity index (χ3n) is 0. The summed E-state index contributed by atoms with van der Waals surface area (Å²) in [6.45, 7) is 0. The van der Waals surface area contributed by atoms with Crippen LogP contribution in [-0.4, -0.2) is 17.5 Å². The first kappa shape index (κ1) is 23.1. The van der Waals surface area contributed by atoms with E-state index in [9.17, 15) is 0 Å². The van der Waals surface area contributed by atoms with E-state index in [1.54, 1.807) is 0 Å². The van der Waals surface area contributed by atoms with E-state index in [2.05, 4.69) is 0 Å². The predicted octanol–water partition coefficient (Wildman–Crippen LogP) is -7.33. The van der Waals surface area contributed by atoms with E-state index in [0.717, 1.165) is 0 Å². The Hall–Kier alpha value is 0.982. The Morgan fingerprint density at radius 2 is 1.12 bits per heavy atom. The van der Waals surface area contributed by atoms with Gasteiger partial charge in [0.15, 0.2) is 0 Å². The number of hydrogen-bond acceptors (Lipinski definition) is 4. The van der Waals surface area contributed by atoms with E-state index in [0.29, 0.717) is 0 Å². The molecule has 0 spiro atoms. The monoisotopic (exact) mass is 173 g/mol. The van der Waals surface area contributed by atoms with Crippen LogP contribution in [0.25, 0.3) is 0 Å². The van der Waals surface area contributed by atoms with Gasteiger partial charge in [-0.15, -0.1) is 0 Å². The molecular formula is FLiO4SV+3. The molecule has 40 valence electrons. The largest absolute Gasteiger partial charge is 5.00 e. The molecule has 0 rings (SSSR count). The van der Waals surface area contributed by atoms with E-state index >= 15 is 0 Å². The molecule has 0 aromatic heterocycles. The molecule has 0 aliphatic rings. The molecule has 8 heavy (non-hydrogen) atoms. The summed E-state index contributed by atoms with van der Waals surface area (Å²) in [5.74, 6) is 0. The SMILES string of the molecule is O=S(=O)([O-])[O-].[F-].[Li+].[V+5]. The topological polar surface area (TPSA) is 80.3 Å². The van der Waals surface area contributed by atoms with Crippen LogP contribution in [-0.2, 0) is 29.0 Å². The molecule has 0 aliphatic carbocycles. The first-order valence-electron chi connectivity index (χ1n) is 0.667. The summed E-state index contributed by atoms with van der Waals surface area (Å²) >= 11 is 0. The summed E-state index contributed by atoms with van der Waals surface area (Å²) in [5.41, 5.74) is 0. The van der Waals surface area contributed by atoms with E-state index in [-0.39, 0.29) is 42.1 Å². The molecule has 0 bridgehead atoms. The predicted molar refractivity (Wildman–Crippen MR) is 10.5 cm³/mol. The van der Waals surface area contributed by atoms with Crippen molar-refractivity contribution in [3.05, 3.63) is 0 Å². The molecule has 0 heterocycles. The van der Waals surface area contributed by atoms with E-state index in [1.807, 2.05) is 0 Å². The van der Waals surface area contributed by atoms with Gasteiger partial charge in [0.1, 0.15) is 0 Å². The number of halogens is 1. The smallest absolute Gasteiger partial charge is 1.00 e. The van der Waals surface area contributed by atoms with Crippen LogP contribution in [0.2, 0.25) is 0 Å². The Morgan fingerprint density at radius 3 is 1.12 bits per heavy atom. The second kappa shape index (κ2) is 7.98. The van der Waals surface area contributed by atoms with Crippen molar-refractivity contribution in [2.24, 2.45) is 0 Å². The van der Waals surface area contributed by atoms with Crippen molar-refractivity contribution in [1.29, 1.82) is 0 Å². The average Bonchev–Trinajstić information content (AvgIpc) is 0.722. The molecule has 0 aliphatic heterocycles. The van der Waals surface area contributed by atoms with Crippen molar-refractivity contribution in [1.82, 2.24) is 0 Å². The third-order valence-corrected chi connectivity index (χ3v) is 0. The molecule has 0 saturated carbocycles. The first-order chi connectivity index (χ1) is 2.00. The average molecular weight is 173 g/mol. The van der Waals surface area contributed by atoms with Gasteiger partial charge < -0.3 is 13.8 Å². The van der Waals surface area contributed by atoms with Gasteiger partial charge in [0.2, 0.25) is 0 Å². The fourth-order valence-corrected chi connectivity index (χ4v) is 0. The minimum atomic E-state index is -5.17. The maximum Gasteiger partial charge on any atom is 5.00 e. The fourth-order valence-electron chi connectivity index (χ4n) is 0. The Morgan fingerprint density at radius 1 is 1.12 bits per heavy atom. The van der Waals surface area contributed by atoms with Crippen LogP contribution in [0.4, 0.5) is 0 Å². The van der Waals surface area contributed by atoms with E-state index < -0.39 is 10.4 Å². The summed E-state index contributed by atoms with van der Waals surface area (Å²) < 4.78 is 34.1. The summed E-state index contributed by atoms with van der Waals surface area (Å²) in [6, 6.07) is 0. The van der Waals surface area contributed by atoms with Crippen molar-refractivity contribution in [3.8, 4) is 0 Å². The summed E-state index contributed by atoms with van der Waals surface area (Å²) in [7, 11) is -5.17. The van der Waals surface area contributed by atoms with Crippen LogP contribution in [0.3, 0.4) is 0 Å². The van der Waals surface area contributed by atoms with Gasteiger partial charge in [-0.05, 0) is 0 Å². The summed E-state index contributed by atoms with van der Waals surface area (Å²) in [5, 5.41) is 0. The second-order valence-corrected chi connectivity index (χ2v) is 1.22. The first-order valence-corrected chi connectivity index (χ1v) is 2.00. The molecular weight excluding hydrogens is 173 g/mol. The molecule has 0 saturated heterocycles. The second-order valence-electron chi connectivity index (χ2n) is 0.408. The Balaban J connectivity index is -0.0000000267. The van der Waals surface area contributed by atoms with Gasteiger partial charge in [-0.2, -0.15) is 0 Å². The third kappa shape index (κ3) is 259. The molecule has 0 amide bonds. The summed E-state index contributed by atoms with van der Waals surface area (Å²) in [6.07, 6.45) is 0. The number of rotatable bonds is 0. The minimum absolute atomic E-state index is 0. The maximum absolute atomic E-state index is 8.52. The van der Waals surface area contributed by atoms with Crippen molar-refractivity contribution >= 4 is 10.4 Å². The molecule has 0 atom stereocenters. The van der Waals surface area contributed by atoms with Crippen molar-refractivity contribution in [2.45, 2.75) is 0 Å².